The fourth-order valence-corrected chi connectivity index (χ4v) is 3.92. The highest BCUT2D eigenvalue weighted by Gasteiger charge is 2.58. The summed E-state index contributed by atoms with van der Waals surface area (Å²) in [5, 5.41) is 29.4. The van der Waals surface area contributed by atoms with E-state index in [1.54, 1.807) is 6.07 Å². The standard InChI is InChI=1S/C22H12Cl3F4N3O3/c23-15-5-3-13(4-6-15)21(26,22(27,28)29)14-8-16(24)19(17(25)9-14)31-20(33)11-1-2-12(10-30)18(7-11)32(34)35/h1-9,32,34H,(H,31,33). The summed E-state index contributed by atoms with van der Waals surface area (Å²) in [5.41, 5.74) is -6.87. The number of carbonyl (C=O) groups excluding carboxylic acids is 1. The zero-order chi connectivity index (χ0) is 26.1. The van der Waals surface area contributed by atoms with E-state index >= 15 is 4.39 Å². The van der Waals surface area contributed by atoms with Gasteiger partial charge in [0.15, 0.2) is 5.69 Å². The molecule has 0 saturated carbocycles. The zero-order valence-corrected chi connectivity index (χ0v) is 19.3. The summed E-state index contributed by atoms with van der Waals surface area (Å²) >= 11 is 17.8. The van der Waals surface area contributed by atoms with Gasteiger partial charge in [-0.05, 0) is 36.4 Å². The molecule has 0 spiro atoms. The lowest BCUT2D eigenvalue weighted by atomic mass is 9.87. The molecule has 6 nitrogen and oxygen atoms in total. The third-order valence-corrected chi connectivity index (χ3v) is 5.79. The Morgan fingerprint density at radius 2 is 1.54 bits per heavy atom. The Bertz CT molecular complexity index is 1310. The van der Waals surface area contributed by atoms with Crippen LogP contribution in [-0.2, 0) is 5.67 Å². The largest absolute Gasteiger partial charge is 0.595 e. The maximum absolute atomic E-state index is 15.7. The number of hydrogen-bond donors (Lipinski definition) is 3. The SMILES string of the molecule is N#Cc1ccc(C(=O)Nc2c(Cl)cc(C(F)(c3ccc(Cl)cc3)C(F)(F)F)cc2Cl)cc1[NH+]([O-])O. The Balaban J connectivity index is 2.02. The minimum Gasteiger partial charge on any atom is -0.595 e. The van der Waals surface area contributed by atoms with E-state index in [9.17, 15) is 28.4 Å². The molecule has 3 aromatic carbocycles. The van der Waals surface area contributed by atoms with Crippen molar-refractivity contribution in [2.24, 2.45) is 0 Å². The molecule has 2 atom stereocenters. The van der Waals surface area contributed by atoms with Crippen LogP contribution >= 0.6 is 34.8 Å². The molecule has 0 heterocycles. The Morgan fingerprint density at radius 3 is 2.03 bits per heavy atom. The topological polar surface area (TPSA) is 101 Å². The van der Waals surface area contributed by atoms with Crippen molar-refractivity contribution < 1.29 is 32.8 Å². The lowest BCUT2D eigenvalue weighted by Crippen LogP contribution is -2.99. The number of rotatable bonds is 5. The number of amides is 1. The van der Waals surface area contributed by atoms with Crippen LogP contribution in [0.2, 0.25) is 15.1 Å². The first kappa shape index (κ1) is 26.7. The van der Waals surface area contributed by atoms with Crippen molar-refractivity contribution in [1.82, 2.24) is 0 Å². The molecule has 1 amide bonds. The Labute approximate surface area is 210 Å². The predicted molar refractivity (Wildman–Crippen MR) is 121 cm³/mol. The first-order chi connectivity index (χ1) is 16.3. The molecule has 3 rings (SSSR count). The van der Waals surface area contributed by atoms with Gasteiger partial charge in [0.2, 0.25) is 0 Å². The number of benzene rings is 3. The molecule has 0 aliphatic carbocycles. The second-order valence-electron chi connectivity index (χ2n) is 7.11. The third kappa shape index (κ3) is 5.21. The summed E-state index contributed by atoms with van der Waals surface area (Å²) in [7, 11) is 0. The lowest BCUT2D eigenvalue weighted by molar-refractivity contribution is -0.991. The second-order valence-corrected chi connectivity index (χ2v) is 8.36. The van der Waals surface area contributed by atoms with Crippen molar-refractivity contribution in [3.63, 3.8) is 0 Å². The molecule has 0 radical (unpaired) electrons. The second kappa shape index (κ2) is 9.99. The first-order valence-corrected chi connectivity index (χ1v) is 10.5. The van der Waals surface area contributed by atoms with Crippen molar-refractivity contribution in [3.8, 4) is 6.07 Å². The molecule has 0 saturated heterocycles. The van der Waals surface area contributed by atoms with Gasteiger partial charge in [0.25, 0.3) is 11.6 Å². The summed E-state index contributed by atoms with van der Waals surface area (Å²) in [6.45, 7) is 0. The molecule has 0 fully saturated rings. The molecule has 35 heavy (non-hydrogen) atoms. The summed E-state index contributed by atoms with van der Waals surface area (Å²) in [4.78, 5) is 12.6. The van der Waals surface area contributed by atoms with Gasteiger partial charge in [-0.15, -0.1) is 0 Å². The van der Waals surface area contributed by atoms with E-state index in [4.69, 9.17) is 40.1 Å². The first-order valence-electron chi connectivity index (χ1n) is 9.39. The zero-order valence-electron chi connectivity index (χ0n) is 17.1. The van der Waals surface area contributed by atoms with Crippen LogP contribution in [0.15, 0.2) is 54.6 Å². The number of hydrogen-bond acceptors (Lipinski definition) is 4. The van der Waals surface area contributed by atoms with Gasteiger partial charge < -0.3 is 10.5 Å². The monoisotopic (exact) mass is 547 g/mol. The number of anilines is 1. The Kier molecular flexibility index (Phi) is 7.62. The van der Waals surface area contributed by atoms with E-state index in [1.807, 2.05) is 0 Å². The smallest absolute Gasteiger partial charge is 0.431 e. The maximum atomic E-state index is 15.7. The van der Waals surface area contributed by atoms with Gasteiger partial charge in [-0.25, -0.2) is 9.60 Å². The minimum atomic E-state index is -5.41. The minimum absolute atomic E-state index is 0.0984. The van der Waals surface area contributed by atoms with Crippen molar-refractivity contribution in [3.05, 3.63) is 97.1 Å². The number of nitrogens with zero attached hydrogens (tertiary/aromatic N) is 1. The average Bonchev–Trinajstić information content (AvgIpc) is 2.79. The summed E-state index contributed by atoms with van der Waals surface area (Å²) < 4.78 is 57.4. The molecule has 0 aromatic heterocycles. The van der Waals surface area contributed by atoms with Crippen LogP contribution in [0.1, 0.15) is 27.0 Å². The normalized spacial score (nSPS) is 14.1. The van der Waals surface area contributed by atoms with E-state index in [1.165, 1.54) is 0 Å². The maximum Gasteiger partial charge on any atom is 0.431 e. The number of alkyl halides is 4. The van der Waals surface area contributed by atoms with Crippen LogP contribution in [0, 0.1) is 16.5 Å². The molecule has 3 aromatic rings. The molecular formula is C22H12Cl3F4N3O3. The fraction of sp³-hybridized carbons (Fsp3) is 0.0909. The highest BCUT2D eigenvalue weighted by molar-refractivity contribution is 6.40. The van der Waals surface area contributed by atoms with E-state index in [2.05, 4.69) is 5.32 Å². The summed E-state index contributed by atoms with van der Waals surface area (Å²) in [6.07, 6.45) is -5.41. The highest BCUT2D eigenvalue weighted by atomic mass is 35.5. The van der Waals surface area contributed by atoms with Crippen LogP contribution in [0.25, 0.3) is 0 Å². The van der Waals surface area contributed by atoms with Gasteiger partial charge in [0.1, 0.15) is 11.6 Å². The molecule has 0 aliphatic rings. The van der Waals surface area contributed by atoms with Crippen molar-refractivity contribution in [2.75, 3.05) is 5.32 Å². The van der Waals surface area contributed by atoms with Crippen molar-refractivity contribution in [1.29, 1.82) is 5.26 Å². The van der Waals surface area contributed by atoms with Gasteiger partial charge in [0, 0.05) is 27.8 Å². The number of halogens is 7. The number of carbonyl (C=O) groups is 1. The van der Waals surface area contributed by atoms with Gasteiger partial charge >= 0.3 is 6.18 Å². The number of nitriles is 1. The van der Waals surface area contributed by atoms with Crippen LogP contribution in [0.4, 0.5) is 28.9 Å². The summed E-state index contributed by atoms with van der Waals surface area (Å²) in [6, 6.07) is 10.2. The van der Waals surface area contributed by atoms with Crippen LogP contribution < -0.4 is 10.5 Å². The lowest BCUT2D eigenvalue weighted by Gasteiger charge is -2.29. The molecule has 13 heteroatoms. The summed E-state index contributed by atoms with van der Waals surface area (Å²) in [5.74, 6) is -0.923. The van der Waals surface area contributed by atoms with E-state index in [0.29, 0.717) is 12.1 Å². The Hall–Kier alpha value is -2.91. The Morgan fingerprint density at radius 1 is 0.971 bits per heavy atom. The molecule has 2 unspecified atom stereocenters. The van der Waals surface area contributed by atoms with Gasteiger partial charge in [-0.1, -0.05) is 46.9 Å². The number of quaternary nitrogens is 1. The van der Waals surface area contributed by atoms with Gasteiger partial charge in [-0.3, -0.25) is 4.79 Å². The van der Waals surface area contributed by atoms with Gasteiger partial charge in [-0.2, -0.15) is 23.7 Å². The predicted octanol–water partition coefficient (Wildman–Crippen LogP) is 5.95. The fourth-order valence-electron chi connectivity index (χ4n) is 3.21. The van der Waals surface area contributed by atoms with Gasteiger partial charge in [0.05, 0.1) is 15.7 Å². The van der Waals surface area contributed by atoms with Crippen molar-refractivity contribution in [2.45, 2.75) is 11.8 Å². The molecule has 0 aliphatic heterocycles. The molecule has 182 valence electrons. The van der Waals surface area contributed by atoms with Crippen LogP contribution in [0.5, 0.6) is 0 Å². The molecule has 0 bridgehead atoms. The molecular weight excluding hydrogens is 537 g/mol. The van der Waals surface area contributed by atoms with Crippen LogP contribution in [0.3, 0.4) is 0 Å². The third-order valence-electron chi connectivity index (χ3n) is 4.94. The van der Waals surface area contributed by atoms with E-state index in [-0.39, 0.29) is 21.8 Å². The van der Waals surface area contributed by atoms with E-state index in [0.717, 1.165) is 42.5 Å². The van der Waals surface area contributed by atoms with Crippen LogP contribution in [-0.4, -0.2) is 17.3 Å². The average molecular weight is 549 g/mol. The number of nitrogens with one attached hydrogen (secondary N) is 2. The molecule has 3 N–H and O–H groups in total. The van der Waals surface area contributed by atoms with E-state index < -0.39 is 49.8 Å². The quantitative estimate of drug-likeness (QED) is 0.271. The van der Waals surface area contributed by atoms with Crippen molar-refractivity contribution >= 4 is 52.1 Å². The highest BCUT2D eigenvalue weighted by Crippen LogP contribution is 2.50.